The zero-order chi connectivity index (χ0) is 29.4. The van der Waals surface area contributed by atoms with Crippen LogP contribution in [-0.4, -0.2) is 43.8 Å². The maximum Gasteiger partial charge on any atom is 0.264 e. The third kappa shape index (κ3) is 7.56. The van der Waals surface area contributed by atoms with Crippen LogP contribution in [0.15, 0.2) is 77.7 Å². The highest BCUT2D eigenvalue weighted by molar-refractivity contribution is 7.92. The molecule has 10 heteroatoms. The summed E-state index contributed by atoms with van der Waals surface area (Å²) in [6.07, 6.45) is 1.05. The first-order chi connectivity index (χ1) is 19.0. The Morgan fingerprint density at radius 1 is 0.900 bits per heavy atom. The van der Waals surface area contributed by atoms with Gasteiger partial charge in [-0.2, -0.15) is 0 Å². The van der Waals surface area contributed by atoms with Gasteiger partial charge in [0.1, 0.15) is 12.6 Å². The zero-order valence-electron chi connectivity index (χ0n) is 23.1. The number of carbonyl (C=O) groups excluding carboxylic acids is 2. The van der Waals surface area contributed by atoms with Crippen molar-refractivity contribution >= 4 is 50.7 Å². The first-order valence-electron chi connectivity index (χ1n) is 13.2. The largest absolute Gasteiger partial charge is 0.352 e. The SMILES string of the molecule is CC[C@H](C)NC(=O)[C@H](CC)N(Cc1ccccc1Cl)C(=O)CN(c1ccccc1C)S(=O)(=O)c1ccc(Cl)cc1. The third-order valence-corrected chi connectivity index (χ3v) is 9.14. The number of hydrogen-bond acceptors (Lipinski definition) is 4. The van der Waals surface area contributed by atoms with Crippen LogP contribution in [0.25, 0.3) is 0 Å². The molecule has 0 saturated carbocycles. The second-order valence-corrected chi connectivity index (χ2v) is 12.3. The summed E-state index contributed by atoms with van der Waals surface area (Å²) in [5, 5.41) is 3.80. The lowest BCUT2D eigenvalue weighted by molar-refractivity contribution is -0.140. The zero-order valence-corrected chi connectivity index (χ0v) is 25.4. The molecule has 3 aromatic rings. The molecule has 40 heavy (non-hydrogen) atoms. The van der Waals surface area contributed by atoms with E-state index in [1.54, 1.807) is 55.5 Å². The number of hydrogen-bond donors (Lipinski definition) is 1. The van der Waals surface area contributed by atoms with Crippen LogP contribution in [0.5, 0.6) is 0 Å². The minimum atomic E-state index is -4.18. The van der Waals surface area contributed by atoms with E-state index in [0.29, 0.717) is 33.3 Å². The van der Waals surface area contributed by atoms with Gasteiger partial charge in [-0.3, -0.25) is 13.9 Å². The monoisotopic (exact) mass is 603 g/mol. The Morgan fingerprint density at radius 2 is 1.52 bits per heavy atom. The first-order valence-corrected chi connectivity index (χ1v) is 15.4. The van der Waals surface area contributed by atoms with Gasteiger partial charge in [0.05, 0.1) is 10.6 Å². The van der Waals surface area contributed by atoms with Crippen molar-refractivity contribution in [1.29, 1.82) is 0 Å². The van der Waals surface area contributed by atoms with Crippen LogP contribution in [0.1, 0.15) is 44.7 Å². The fourth-order valence-corrected chi connectivity index (χ4v) is 6.06. The van der Waals surface area contributed by atoms with E-state index in [2.05, 4.69) is 5.32 Å². The Bertz CT molecular complexity index is 1430. The van der Waals surface area contributed by atoms with Crippen molar-refractivity contribution in [3.05, 3.63) is 94.0 Å². The highest BCUT2D eigenvalue weighted by Crippen LogP contribution is 2.28. The molecule has 7 nitrogen and oxygen atoms in total. The van der Waals surface area contributed by atoms with E-state index in [1.807, 2.05) is 20.8 Å². The number of nitrogens with zero attached hydrogens (tertiary/aromatic N) is 2. The molecule has 3 rings (SSSR count). The van der Waals surface area contributed by atoms with E-state index in [4.69, 9.17) is 23.2 Å². The second kappa shape index (κ2) is 14.0. The van der Waals surface area contributed by atoms with E-state index >= 15 is 0 Å². The lowest BCUT2D eigenvalue weighted by atomic mass is 10.1. The molecule has 0 spiro atoms. The van der Waals surface area contributed by atoms with E-state index in [1.165, 1.54) is 29.2 Å². The molecule has 0 bridgehead atoms. The maximum atomic E-state index is 14.1. The normalized spacial score (nSPS) is 12.8. The Hall–Kier alpha value is -3.07. The lowest BCUT2D eigenvalue weighted by Crippen LogP contribution is -2.53. The second-order valence-electron chi connectivity index (χ2n) is 9.61. The van der Waals surface area contributed by atoms with Crippen LogP contribution in [-0.2, 0) is 26.2 Å². The van der Waals surface area contributed by atoms with Crippen LogP contribution >= 0.6 is 23.2 Å². The summed E-state index contributed by atoms with van der Waals surface area (Å²) in [4.78, 5) is 28.9. The van der Waals surface area contributed by atoms with Gasteiger partial charge < -0.3 is 10.2 Å². The van der Waals surface area contributed by atoms with Crippen LogP contribution in [0.4, 0.5) is 5.69 Å². The molecule has 3 aromatic carbocycles. The number of sulfonamides is 1. The van der Waals surface area contributed by atoms with Crippen LogP contribution < -0.4 is 9.62 Å². The van der Waals surface area contributed by atoms with Gasteiger partial charge in [0.2, 0.25) is 11.8 Å². The van der Waals surface area contributed by atoms with E-state index < -0.39 is 28.5 Å². The van der Waals surface area contributed by atoms with Gasteiger partial charge in [-0.1, -0.05) is 73.4 Å². The number of aryl methyl sites for hydroxylation is 1. The minimum Gasteiger partial charge on any atom is -0.352 e. The summed E-state index contributed by atoms with van der Waals surface area (Å²) in [6.45, 7) is 6.96. The molecule has 0 unspecified atom stereocenters. The number of para-hydroxylation sites is 1. The summed E-state index contributed by atoms with van der Waals surface area (Å²) in [5.41, 5.74) is 1.68. The van der Waals surface area contributed by atoms with Crippen molar-refractivity contribution in [2.24, 2.45) is 0 Å². The van der Waals surface area contributed by atoms with Crippen molar-refractivity contribution in [2.45, 2.75) is 64.1 Å². The summed E-state index contributed by atoms with van der Waals surface area (Å²) in [7, 11) is -4.18. The molecule has 0 heterocycles. The maximum absolute atomic E-state index is 14.1. The third-order valence-electron chi connectivity index (χ3n) is 6.75. The Morgan fingerprint density at radius 3 is 2.12 bits per heavy atom. The first kappa shape index (κ1) is 31.5. The minimum absolute atomic E-state index is 0.00726. The summed E-state index contributed by atoms with van der Waals surface area (Å²) in [5.74, 6) is -0.841. The fraction of sp³-hybridized carbons (Fsp3) is 0.333. The number of anilines is 1. The molecule has 0 fully saturated rings. The quantitative estimate of drug-likeness (QED) is 0.266. The average Bonchev–Trinajstić information content (AvgIpc) is 2.93. The summed E-state index contributed by atoms with van der Waals surface area (Å²) >= 11 is 12.4. The molecule has 2 atom stereocenters. The van der Waals surface area contributed by atoms with Crippen molar-refractivity contribution in [1.82, 2.24) is 10.2 Å². The Kier molecular flexibility index (Phi) is 11.0. The Labute approximate surface area is 247 Å². The smallest absolute Gasteiger partial charge is 0.264 e. The molecule has 2 amide bonds. The number of amides is 2. The van der Waals surface area contributed by atoms with Crippen molar-refractivity contribution in [2.75, 3.05) is 10.8 Å². The number of rotatable bonds is 12. The van der Waals surface area contributed by atoms with Crippen LogP contribution in [0.2, 0.25) is 10.0 Å². The van der Waals surface area contributed by atoms with Gasteiger partial charge in [0.25, 0.3) is 10.0 Å². The molecule has 0 aromatic heterocycles. The topological polar surface area (TPSA) is 86.8 Å². The van der Waals surface area contributed by atoms with Crippen LogP contribution in [0.3, 0.4) is 0 Å². The van der Waals surface area contributed by atoms with Gasteiger partial charge in [-0.25, -0.2) is 8.42 Å². The van der Waals surface area contributed by atoms with E-state index in [-0.39, 0.29) is 23.4 Å². The highest BCUT2D eigenvalue weighted by Gasteiger charge is 2.34. The fourth-order valence-electron chi connectivity index (χ4n) is 4.26. The predicted molar refractivity (Wildman–Crippen MR) is 161 cm³/mol. The standard InChI is InChI=1S/C30H35Cl2N3O4S/c1-5-22(4)33-30(37)27(6-2)34(19-23-12-8-9-13-26(23)32)29(36)20-35(28-14-10-7-11-21(28)3)40(38,39)25-17-15-24(31)16-18-25/h7-18,22,27H,5-6,19-20H2,1-4H3,(H,33,37)/t22-,27-/m0/s1. The Balaban J connectivity index is 2.08. The van der Waals surface area contributed by atoms with Gasteiger partial charge >= 0.3 is 0 Å². The van der Waals surface area contributed by atoms with E-state index in [9.17, 15) is 18.0 Å². The van der Waals surface area contributed by atoms with Gasteiger partial charge in [-0.05, 0) is 74.2 Å². The molecule has 0 aliphatic rings. The lowest BCUT2D eigenvalue weighted by Gasteiger charge is -2.34. The van der Waals surface area contributed by atoms with Gasteiger partial charge in [0.15, 0.2) is 0 Å². The van der Waals surface area contributed by atoms with E-state index in [0.717, 1.165) is 10.7 Å². The number of carbonyl (C=O) groups is 2. The highest BCUT2D eigenvalue weighted by atomic mass is 35.5. The molecular weight excluding hydrogens is 569 g/mol. The predicted octanol–water partition coefficient (Wildman–Crippen LogP) is 6.22. The van der Waals surface area contributed by atoms with Gasteiger partial charge in [-0.15, -0.1) is 0 Å². The molecule has 0 aliphatic carbocycles. The van der Waals surface area contributed by atoms with Crippen molar-refractivity contribution in [3.8, 4) is 0 Å². The molecule has 1 N–H and O–H groups in total. The van der Waals surface area contributed by atoms with Crippen molar-refractivity contribution in [3.63, 3.8) is 0 Å². The van der Waals surface area contributed by atoms with Crippen molar-refractivity contribution < 1.29 is 18.0 Å². The number of halogens is 2. The van der Waals surface area contributed by atoms with Crippen LogP contribution in [0, 0.1) is 6.92 Å². The van der Waals surface area contributed by atoms with Gasteiger partial charge in [0, 0.05) is 22.6 Å². The molecule has 214 valence electrons. The number of nitrogens with one attached hydrogen (secondary N) is 1. The average molecular weight is 605 g/mol. The molecule has 0 aliphatic heterocycles. The molecular formula is C30H35Cl2N3O4S. The number of benzene rings is 3. The molecule has 0 saturated heterocycles. The summed E-state index contributed by atoms with van der Waals surface area (Å²) in [6, 6.07) is 18.9. The molecule has 0 radical (unpaired) electrons. The summed E-state index contributed by atoms with van der Waals surface area (Å²) < 4.78 is 29.0.